The zero-order valence-corrected chi connectivity index (χ0v) is 18.9. The third-order valence-electron chi connectivity index (χ3n) is 6.42. The van der Waals surface area contributed by atoms with Crippen molar-refractivity contribution in [3.8, 4) is 5.75 Å². The van der Waals surface area contributed by atoms with Gasteiger partial charge in [-0.3, -0.25) is 0 Å². The van der Waals surface area contributed by atoms with Crippen molar-refractivity contribution in [3.63, 3.8) is 0 Å². The van der Waals surface area contributed by atoms with Crippen LogP contribution in [0, 0.1) is 0 Å². The number of halogens is 1. The first-order valence-corrected chi connectivity index (χ1v) is 10.8. The lowest BCUT2D eigenvalue weighted by Gasteiger charge is -2.37. The van der Waals surface area contributed by atoms with E-state index in [1.165, 1.54) is 11.1 Å². The molecule has 0 heterocycles. The number of nitrogens with zero attached hydrogens (tertiary/aromatic N) is 1. The van der Waals surface area contributed by atoms with Gasteiger partial charge < -0.3 is 14.7 Å². The molecule has 1 aliphatic rings. The molecule has 0 unspecified atom stereocenters. The van der Waals surface area contributed by atoms with Crippen LogP contribution < -0.4 is 4.74 Å². The number of benzene rings is 2. The van der Waals surface area contributed by atoms with E-state index >= 15 is 0 Å². The van der Waals surface area contributed by atoms with E-state index in [9.17, 15) is 5.11 Å². The minimum absolute atomic E-state index is 0. The van der Waals surface area contributed by atoms with Crippen LogP contribution in [-0.2, 0) is 12.0 Å². The van der Waals surface area contributed by atoms with E-state index in [0.29, 0.717) is 0 Å². The fraction of sp³-hybridized carbons (Fsp3) is 0.520. The van der Waals surface area contributed by atoms with Gasteiger partial charge in [0, 0.05) is 5.92 Å². The summed E-state index contributed by atoms with van der Waals surface area (Å²) in [6, 6.07) is 16.8. The Hall–Kier alpha value is -1.55. The topological polar surface area (TPSA) is 32.7 Å². The Balaban J connectivity index is 0.00000300. The molecular weight excluding hydrogens is 382 g/mol. The molecule has 2 aromatic rings. The molecule has 0 saturated heterocycles. The zero-order valence-electron chi connectivity index (χ0n) is 18.1. The van der Waals surface area contributed by atoms with Crippen LogP contribution in [0.1, 0.15) is 62.1 Å². The summed E-state index contributed by atoms with van der Waals surface area (Å²) in [5, 5.41) is 12.2. The van der Waals surface area contributed by atoms with E-state index in [2.05, 4.69) is 55.1 Å². The van der Waals surface area contributed by atoms with E-state index in [0.717, 1.165) is 63.1 Å². The lowest BCUT2D eigenvalue weighted by atomic mass is 9.73. The number of hydrogen-bond acceptors (Lipinski definition) is 3. The van der Waals surface area contributed by atoms with E-state index in [-0.39, 0.29) is 18.3 Å². The molecule has 160 valence electrons. The van der Waals surface area contributed by atoms with Gasteiger partial charge in [0.05, 0.1) is 12.7 Å². The van der Waals surface area contributed by atoms with Gasteiger partial charge in [-0.2, -0.15) is 0 Å². The average molecular weight is 418 g/mol. The van der Waals surface area contributed by atoms with E-state index in [4.69, 9.17) is 4.74 Å². The van der Waals surface area contributed by atoms with Gasteiger partial charge in [0.2, 0.25) is 0 Å². The quantitative estimate of drug-likeness (QED) is 0.572. The molecular formula is C25H36ClNO2. The molecule has 0 spiro atoms. The minimum atomic E-state index is -0.841. The van der Waals surface area contributed by atoms with Crippen LogP contribution in [0.4, 0.5) is 0 Å². The summed E-state index contributed by atoms with van der Waals surface area (Å²) in [6.45, 7) is 7.56. The number of aliphatic hydroxyl groups is 1. The summed E-state index contributed by atoms with van der Waals surface area (Å²) in [5.41, 5.74) is 2.77. The first kappa shape index (κ1) is 23.7. The molecule has 2 aromatic carbocycles. The normalized spacial score (nSPS) is 21.2. The molecule has 4 heteroatoms. The second-order valence-corrected chi connectivity index (χ2v) is 7.93. The maximum Gasteiger partial charge on any atom is 0.119 e. The molecule has 0 bridgehead atoms. The van der Waals surface area contributed by atoms with Crippen LogP contribution >= 0.6 is 12.4 Å². The van der Waals surface area contributed by atoms with Crippen molar-refractivity contribution in [2.75, 3.05) is 26.7 Å². The van der Waals surface area contributed by atoms with Crippen molar-refractivity contribution >= 4 is 12.4 Å². The van der Waals surface area contributed by atoms with E-state index in [1.807, 2.05) is 12.1 Å². The largest absolute Gasteiger partial charge is 0.497 e. The summed E-state index contributed by atoms with van der Waals surface area (Å²) >= 11 is 0. The second kappa shape index (κ2) is 11.0. The third kappa shape index (κ3) is 5.33. The molecule has 29 heavy (non-hydrogen) atoms. The lowest BCUT2D eigenvalue weighted by molar-refractivity contribution is -0.00674. The van der Waals surface area contributed by atoms with Crippen molar-refractivity contribution in [1.82, 2.24) is 4.90 Å². The van der Waals surface area contributed by atoms with Crippen LogP contribution in [-0.4, -0.2) is 36.8 Å². The van der Waals surface area contributed by atoms with Gasteiger partial charge >= 0.3 is 0 Å². The molecule has 0 fully saturated rings. The van der Waals surface area contributed by atoms with Crippen molar-refractivity contribution in [1.29, 1.82) is 0 Å². The molecule has 0 amide bonds. The standard InChI is InChI=1S/C25H35NO2.ClH/c1-4-26(5-2)18-10-17-25(27)23-15-7-6-11-20(23)12-9-16-24(25)21-13-8-14-22(19-21)28-3;/h6-8,11,13-15,19,24,27H,4-5,9-10,12,16-18H2,1-3H3;1H/t24-,25+;/m1./s1. The maximum absolute atomic E-state index is 12.2. The fourth-order valence-corrected chi connectivity index (χ4v) is 4.81. The second-order valence-electron chi connectivity index (χ2n) is 7.93. The Labute approximate surface area is 182 Å². The summed E-state index contributed by atoms with van der Waals surface area (Å²) in [6.07, 6.45) is 4.89. The van der Waals surface area contributed by atoms with E-state index < -0.39 is 5.60 Å². The van der Waals surface area contributed by atoms with Gasteiger partial charge in [0.1, 0.15) is 5.75 Å². The minimum Gasteiger partial charge on any atom is -0.497 e. The Morgan fingerprint density at radius 2 is 1.86 bits per heavy atom. The molecule has 1 N–H and O–H groups in total. The Kier molecular flexibility index (Phi) is 9.01. The van der Waals surface area contributed by atoms with Gasteiger partial charge in [0.25, 0.3) is 0 Å². The highest BCUT2D eigenvalue weighted by Gasteiger charge is 2.41. The van der Waals surface area contributed by atoms with E-state index in [1.54, 1.807) is 7.11 Å². The third-order valence-corrected chi connectivity index (χ3v) is 6.42. The van der Waals surface area contributed by atoms with Gasteiger partial charge in [-0.25, -0.2) is 0 Å². The first-order chi connectivity index (χ1) is 13.6. The number of aryl methyl sites for hydroxylation is 1. The maximum atomic E-state index is 12.2. The summed E-state index contributed by atoms with van der Waals surface area (Å²) in [7, 11) is 1.71. The first-order valence-electron chi connectivity index (χ1n) is 10.8. The number of fused-ring (bicyclic) bond motifs is 1. The number of rotatable bonds is 8. The Bertz CT molecular complexity index is 762. The van der Waals surface area contributed by atoms with Crippen LogP contribution in [0.5, 0.6) is 5.75 Å². The molecule has 2 atom stereocenters. The molecule has 0 aliphatic heterocycles. The van der Waals surface area contributed by atoms with Crippen LogP contribution in [0.3, 0.4) is 0 Å². The Morgan fingerprint density at radius 1 is 1.10 bits per heavy atom. The fourth-order valence-electron chi connectivity index (χ4n) is 4.81. The van der Waals surface area contributed by atoms with Gasteiger partial charge in [-0.05, 0) is 80.6 Å². The number of hydrogen-bond donors (Lipinski definition) is 1. The lowest BCUT2D eigenvalue weighted by Crippen LogP contribution is -2.35. The monoisotopic (exact) mass is 417 g/mol. The summed E-state index contributed by atoms with van der Waals surface area (Å²) < 4.78 is 5.47. The summed E-state index contributed by atoms with van der Waals surface area (Å²) in [4.78, 5) is 2.44. The molecule has 0 aromatic heterocycles. The zero-order chi connectivity index (χ0) is 20.0. The van der Waals surface area contributed by atoms with Crippen molar-refractivity contribution < 1.29 is 9.84 Å². The van der Waals surface area contributed by atoms with Gasteiger partial charge in [-0.15, -0.1) is 12.4 Å². The molecule has 3 rings (SSSR count). The van der Waals surface area contributed by atoms with Crippen molar-refractivity contribution in [2.45, 2.75) is 57.5 Å². The highest BCUT2D eigenvalue weighted by Crippen LogP contribution is 2.47. The van der Waals surface area contributed by atoms with Crippen LogP contribution in [0.15, 0.2) is 48.5 Å². The van der Waals surface area contributed by atoms with Crippen LogP contribution in [0.25, 0.3) is 0 Å². The molecule has 0 saturated carbocycles. The smallest absolute Gasteiger partial charge is 0.119 e. The molecule has 1 aliphatic carbocycles. The summed E-state index contributed by atoms with van der Waals surface area (Å²) in [5.74, 6) is 0.948. The highest BCUT2D eigenvalue weighted by molar-refractivity contribution is 5.85. The van der Waals surface area contributed by atoms with Crippen molar-refractivity contribution in [3.05, 3.63) is 65.2 Å². The number of methoxy groups -OCH3 is 1. The SMILES string of the molecule is CCN(CC)CCC[C@]1(O)c2ccccc2CCC[C@@H]1c1cccc(OC)c1.Cl. The predicted molar refractivity (Wildman–Crippen MR) is 123 cm³/mol. The highest BCUT2D eigenvalue weighted by atomic mass is 35.5. The van der Waals surface area contributed by atoms with Crippen LogP contribution in [0.2, 0.25) is 0 Å². The predicted octanol–water partition coefficient (Wildman–Crippen LogP) is 5.55. The molecule has 3 nitrogen and oxygen atoms in total. The number of ether oxygens (including phenoxy) is 1. The van der Waals surface area contributed by atoms with Gasteiger partial charge in [0.15, 0.2) is 0 Å². The van der Waals surface area contributed by atoms with Gasteiger partial charge in [-0.1, -0.05) is 50.2 Å². The van der Waals surface area contributed by atoms with Crippen molar-refractivity contribution in [2.24, 2.45) is 0 Å². The molecule has 0 radical (unpaired) electrons. The Morgan fingerprint density at radius 3 is 2.59 bits per heavy atom. The average Bonchev–Trinajstić information content (AvgIpc) is 2.88.